The van der Waals surface area contributed by atoms with E-state index in [4.69, 9.17) is 0 Å². The summed E-state index contributed by atoms with van der Waals surface area (Å²) in [5, 5.41) is 9.19. The molecule has 5 nitrogen and oxygen atoms in total. The minimum absolute atomic E-state index is 0.107. The van der Waals surface area contributed by atoms with Crippen molar-refractivity contribution < 1.29 is 4.79 Å². The van der Waals surface area contributed by atoms with Crippen molar-refractivity contribution in [2.24, 2.45) is 0 Å². The van der Waals surface area contributed by atoms with Gasteiger partial charge in [0.15, 0.2) is 0 Å². The van der Waals surface area contributed by atoms with Crippen molar-refractivity contribution in [3.63, 3.8) is 0 Å². The van der Waals surface area contributed by atoms with Gasteiger partial charge in [-0.3, -0.25) is 9.59 Å². The van der Waals surface area contributed by atoms with E-state index in [1.807, 2.05) is 30.3 Å². The van der Waals surface area contributed by atoms with Crippen LogP contribution >= 0.6 is 0 Å². The van der Waals surface area contributed by atoms with E-state index in [9.17, 15) is 14.9 Å². The van der Waals surface area contributed by atoms with Gasteiger partial charge in [-0.05, 0) is 37.1 Å². The predicted octanol–water partition coefficient (Wildman–Crippen LogP) is 2.35. The summed E-state index contributed by atoms with van der Waals surface area (Å²) in [4.78, 5) is 28.0. The highest BCUT2D eigenvalue weighted by atomic mass is 16.2. The highest BCUT2D eigenvalue weighted by Crippen LogP contribution is 2.27. The number of benzene rings is 1. The highest BCUT2D eigenvalue weighted by molar-refractivity contribution is 5.95. The number of amides is 1. The molecule has 0 radical (unpaired) electrons. The first-order valence-corrected chi connectivity index (χ1v) is 7.15. The largest absolute Gasteiger partial charge is 0.325 e. The lowest BCUT2D eigenvalue weighted by molar-refractivity contribution is -0.117. The SMILES string of the molecule is Cc1cc(-c2ccc(N3CCCC3=O)cc2)c(C#N)c(=O)[nH]1. The third-order valence-electron chi connectivity index (χ3n) is 3.84. The minimum Gasteiger partial charge on any atom is -0.325 e. The van der Waals surface area contributed by atoms with Crippen LogP contribution in [0, 0.1) is 18.3 Å². The Morgan fingerprint density at radius 1 is 1.23 bits per heavy atom. The molecule has 1 fully saturated rings. The van der Waals surface area contributed by atoms with E-state index in [-0.39, 0.29) is 17.0 Å². The van der Waals surface area contributed by atoms with E-state index in [0.717, 1.165) is 24.2 Å². The zero-order chi connectivity index (χ0) is 15.7. The first-order valence-electron chi connectivity index (χ1n) is 7.15. The second-order valence-electron chi connectivity index (χ2n) is 5.38. The molecule has 3 rings (SSSR count). The van der Waals surface area contributed by atoms with Crippen molar-refractivity contribution in [2.75, 3.05) is 11.4 Å². The van der Waals surface area contributed by atoms with Crippen LogP contribution in [0.25, 0.3) is 11.1 Å². The Morgan fingerprint density at radius 2 is 1.95 bits per heavy atom. The molecule has 5 heteroatoms. The Bertz CT molecular complexity index is 828. The molecule has 1 aliphatic heterocycles. The number of nitrogens with one attached hydrogen (secondary N) is 1. The zero-order valence-electron chi connectivity index (χ0n) is 12.2. The third kappa shape index (κ3) is 2.40. The summed E-state index contributed by atoms with van der Waals surface area (Å²) >= 11 is 0. The summed E-state index contributed by atoms with van der Waals surface area (Å²) in [6.07, 6.45) is 1.47. The van der Waals surface area contributed by atoms with E-state index in [1.54, 1.807) is 17.9 Å². The van der Waals surface area contributed by atoms with E-state index in [0.29, 0.717) is 17.7 Å². The minimum atomic E-state index is -0.378. The number of aromatic amines is 1. The maximum atomic E-state index is 11.9. The molecule has 1 aliphatic rings. The van der Waals surface area contributed by atoms with Crippen LogP contribution in [0.1, 0.15) is 24.1 Å². The molecular weight excluding hydrogens is 278 g/mol. The van der Waals surface area contributed by atoms with E-state index >= 15 is 0 Å². The van der Waals surface area contributed by atoms with Gasteiger partial charge in [-0.25, -0.2) is 0 Å². The van der Waals surface area contributed by atoms with Crippen LogP contribution in [0.3, 0.4) is 0 Å². The molecule has 2 aromatic rings. The number of pyridine rings is 1. The predicted molar refractivity (Wildman–Crippen MR) is 83.5 cm³/mol. The zero-order valence-corrected chi connectivity index (χ0v) is 12.2. The number of rotatable bonds is 2. The Labute approximate surface area is 127 Å². The van der Waals surface area contributed by atoms with E-state index in [1.165, 1.54) is 0 Å². The molecule has 1 N–H and O–H groups in total. The molecule has 2 heterocycles. The smallest absolute Gasteiger partial charge is 0.266 e. The first kappa shape index (κ1) is 14.1. The topological polar surface area (TPSA) is 77.0 Å². The number of anilines is 1. The number of hydrogen-bond donors (Lipinski definition) is 1. The van der Waals surface area contributed by atoms with Gasteiger partial charge >= 0.3 is 0 Å². The number of carbonyl (C=O) groups excluding carboxylic acids is 1. The summed E-state index contributed by atoms with van der Waals surface area (Å²) in [6.45, 7) is 2.52. The van der Waals surface area contributed by atoms with Crippen LogP contribution in [0.5, 0.6) is 0 Å². The average Bonchev–Trinajstić information content (AvgIpc) is 2.93. The van der Waals surface area contributed by atoms with Crippen molar-refractivity contribution in [3.05, 3.63) is 51.9 Å². The normalized spacial score (nSPS) is 14.2. The Kier molecular flexibility index (Phi) is 3.51. The summed E-state index contributed by atoms with van der Waals surface area (Å²) in [5.74, 6) is 0.137. The van der Waals surface area contributed by atoms with Crippen molar-refractivity contribution in [1.29, 1.82) is 5.26 Å². The summed E-state index contributed by atoms with van der Waals surface area (Å²) in [6, 6.07) is 11.1. The molecule has 0 spiro atoms. The monoisotopic (exact) mass is 293 g/mol. The number of hydrogen-bond acceptors (Lipinski definition) is 3. The van der Waals surface area contributed by atoms with Crippen LogP contribution in [-0.2, 0) is 4.79 Å². The highest BCUT2D eigenvalue weighted by Gasteiger charge is 2.21. The van der Waals surface area contributed by atoms with Crippen molar-refractivity contribution in [1.82, 2.24) is 4.98 Å². The number of H-pyrrole nitrogens is 1. The Balaban J connectivity index is 2.02. The number of aromatic nitrogens is 1. The lowest BCUT2D eigenvalue weighted by Crippen LogP contribution is -2.23. The van der Waals surface area contributed by atoms with Crippen LogP contribution in [0.2, 0.25) is 0 Å². The molecule has 0 aliphatic carbocycles. The fraction of sp³-hybridized carbons (Fsp3) is 0.235. The molecule has 0 bridgehead atoms. The maximum absolute atomic E-state index is 11.9. The fourth-order valence-electron chi connectivity index (χ4n) is 2.77. The number of aryl methyl sites for hydroxylation is 1. The molecule has 1 aromatic heterocycles. The molecule has 0 saturated carbocycles. The maximum Gasteiger partial charge on any atom is 0.266 e. The second-order valence-corrected chi connectivity index (χ2v) is 5.38. The molecule has 1 aromatic carbocycles. The van der Waals surface area contributed by atoms with Gasteiger partial charge in [0.05, 0.1) is 0 Å². The number of nitriles is 1. The van der Waals surface area contributed by atoms with Crippen LogP contribution in [0.4, 0.5) is 5.69 Å². The lowest BCUT2D eigenvalue weighted by atomic mass is 10.0. The van der Waals surface area contributed by atoms with E-state index in [2.05, 4.69) is 4.98 Å². The van der Waals surface area contributed by atoms with Gasteiger partial charge in [-0.2, -0.15) is 5.26 Å². The fourth-order valence-corrected chi connectivity index (χ4v) is 2.77. The van der Waals surface area contributed by atoms with Gasteiger partial charge in [-0.1, -0.05) is 12.1 Å². The van der Waals surface area contributed by atoms with Gasteiger partial charge in [0.25, 0.3) is 5.56 Å². The van der Waals surface area contributed by atoms with Gasteiger partial charge < -0.3 is 9.88 Å². The second kappa shape index (κ2) is 5.49. The van der Waals surface area contributed by atoms with E-state index < -0.39 is 0 Å². The number of nitrogens with zero attached hydrogens (tertiary/aromatic N) is 2. The van der Waals surface area contributed by atoms with Gasteiger partial charge in [-0.15, -0.1) is 0 Å². The van der Waals surface area contributed by atoms with Crippen LogP contribution in [0.15, 0.2) is 35.1 Å². The Morgan fingerprint density at radius 3 is 2.55 bits per heavy atom. The third-order valence-corrected chi connectivity index (χ3v) is 3.84. The van der Waals surface area contributed by atoms with Gasteiger partial charge in [0, 0.05) is 29.9 Å². The average molecular weight is 293 g/mol. The lowest BCUT2D eigenvalue weighted by Gasteiger charge is -2.16. The van der Waals surface area contributed by atoms with Gasteiger partial charge in [0.1, 0.15) is 11.6 Å². The van der Waals surface area contributed by atoms with Crippen molar-refractivity contribution in [2.45, 2.75) is 19.8 Å². The molecule has 110 valence electrons. The molecule has 0 atom stereocenters. The molecule has 22 heavy (non-hydrogen) atoms. The molecule has 1 saturated heterocycles. The summed E-state index contributed by atoms with van der Waals surface area (Å²) in [5.41, 5.74) is 2.69. The summed E-state index contributed by atoms with van der Waals surface area (Å²) in [7, 11) is 0. The Hall–Kier alpha value is -2.87. The van der Waals surface area contributed by atoms with Crippen LogP contribution in [-0.4, -0.2) is 17.4 Å². The molecule has 0 unspecified atom stereocenters. The molecular formula is C17H15N3O2. The quantitative estimate of drug-likeness (QED) is 0.923. The number of carbonyl (C=O) groups is 1. The van der Waals surface area contributed by atoms with Crippen molar-refractivity contribution >= 4 is 11.6 Å². The first-order chi connectivity index (χ1) is 10.6. The van der Waals surface area contributed by atoms with Gasteiger partial charge in [0.2, 0.25) is 5.91 Å². The van der Waals surface area contributed by atoms with Crippen LogP contribution < -0.4 is 10.5 Å². The van der Waals surface area contributed by atoms with Crippen molar-refractivity contribution in [3.8, 4) is 17.2 Å². The molecule has 1 amide bonds. The summed E-state index contributed by atoms with van der Waals surface area (Å²) < 4.78 is 0. The standard InChI is InChI=1S/C17H15N3O2/c1-11-9-14(15(10-18)17(22)19-11)12-4-6-13(7-5-12)20-8-2-3-16(20)21/h4-7,9H,2-3,8H2,1H3,(H,19,22).